The molecule has 2 aromatic carbocycles. The minimum atomic E-state index is -1.13. The standard InChI is InChI=1S/C17H9F4N5O/c18-7-2-1-3-8(19)12(7)17(27)24-11-6-22-26-15(11)16-23-10-5-4-9(20)13(21)14(10)25-16/h1-6H,(H,22,26)(H,23,25)(H,24,27). The molecular formula is C17H9F4N5O. The van der Waals surface area contributed by atoms with E-state index in [1.165, 1.54) is 12.3 Å². The van der Waals surface area contributed by atoms with Crippen molar-refractivity contribution in [1.82, 2.24) is 20.2 Å². The maximum absolute atomic E-state index is 13.8. The number of fused-ring (bicyclic) bond motifs is 1. The molecule has 0 radical (unpaired) electrons. The molecule has 136 valence electrons. The number of imidazole rings is 1. The molecule has 10 heteroatoms. The lowest BCUT2D eigenvalue weighted by Crippen LogP contribution is -2.16. The van der Waals surface area contributed by atoms with Crippen LogP contribution in [0, 0.1) is 23.3 Å². The molecule has 0 saturated heterocycles. The molecule has 0 aliphatic rings. The number of benzene rings is 2. The van der Waals surface area contributed by atoms with Crippen molar-refractivity contribution < 1.29 is 22.4 Å². The lowest BCUT2D eigenvalue weighted by atomic mass is 10.2. The highest BCUT2D eigenvalue weighted by atomic mass is 19.2. The number of nitrogens with one attached hydrogen (secondary N) is 3. The summed E-state index contributed by atoms with van der Waals surface area (Å²) in [6.45, 7) is 0. The third kappa shape index (κ3) is 2.80. The molecule has 6 nitrogen and oxygen atoms in total. The van der Waals surface area contributed by atoms with Crippen molar-refractivity contribution in [2.75, 3.05) is 5.32 Å². The van der Waals surface area contributed by atoms with Gasteiger partial charge in [-0.2, -0.15) is 5.10 Å². The van der Waals surface area contributed by atoms with Crippen LogP contribution >= 0.6 is 0 Å². The van der Waals surface area contributed by atoms with Crippen LogP contribution in [0.3, 0.4) is 0 Å². The van der Waals surface area contributed by atoms with E-state index in [1.54, 1.807) is 0 Å². The van der Waals surface area contributed by atoms with E-state index in [1.807, 2.05) is 0 Å². The molecule has 4 rings (SSSR count). The summed E-state index contributed by atoms with van der Waals surface area (Å²) in [6, 6.07) is 5.26. The van der Waals surface area contributed by atoms with Crippen molar-refractivity contribution >= 4 is 22.6 Å². The Morgan fingerprint density at radius 3 is 2.48 bits per heavy atom. The number of amides is 1. The molecule has 0 fully saturated rings. The van der Waals surface area contributed by atoms with Gasteiger partial charge in [0.25, 0.3) is 5.91 Å². The highest BCUT2D eigenvalue weighted by Gasteiger charge is 2.21. The van der Waals surface area contributed by atoms with Crippen LogP contribution in [-0.2, 0) is 0 Å². The van der Waals surface area contributed by atoms with Gasteiger partial charge in [0.15, 0.2) is 23.2 Å². The number of anilines is 1. The van der Waals surface area contributed by atoms with E-state index in [4.69, 9.17) is 0 Å². The first kappa shape index (κ1) is 16.8. The molecule has 27 heavy (non-hydrogen) atoms. The number of carbonyl (C=O) groups excluding carboxylic acids is 1. The second-order valence-corrected chi connectivity index (χ2v) is 5.54. The largest absolute Gasteiger partial charge is 0.336 e. The van der Waals surface area contributed by atoms with Crippen LogP contribution in [-0.4, -0.2) is 26.1 Å². The zero-order valence-electron chi connectivity index (χ0n) is 13.3. The van der Waals surface area contributed by atoms with Gasteiger partial charge in [-0.3, -0.25) is 9.89 Å². The minimum absolute atomic E-state index is 0.0278. The maximum Gasteiger partial charge on any atom is 0.261 e. The van der Waals surface area contributed by atoms with Gasteiger partial charge in [0.1, 0.15) is 22.7 Å². The SMILES string of the molecule is O=C(Nc1c[nH]nc1-c1nc2c(F)c(F)ccc2[nH]1)c1c(F)cccc1F. The van der Waals surface area contributed by atoms with E-state index < -0.39 is 34.7 Å². The predicted octanol–water partition coefficient (Wildman–Crippen LogP) is 3.76. The van der Waals surface area contributed by atoms with Gasteiger partial charge in [-0.1, -0.05) is 6.07 Å². The molecule has 3 N–H and O–H groups in total. The first-order valence-corrected chi connectivity index (χ1v) is 7.59. The van der Waals surface area contributed by atoms with E-state index in [0.717, 1.165) is 24.3 Å². The number of aromatic amines is 2. The Kier molecular flexibility index (Phi) is 3.87. The van der Waals surface area contributed by atoms with Crippen LogP contribution in [0.15, 0.2) is 36.5 Å². The fraction of sp³-hybridized carbons (Fsp3) is 0. The number of H-pyrrole nitrogens is 2. The van der Waals surface area contributed by atoms with E-state index in [2.05, 4.69) is 25.5 Å². The molecule has 4 aromatic rings. The van der Waals surface area contributed by atoms with Gasteiger partial charge < -0.3 is 10.3 Å². The Morgan fingerprint density at radius 2 is 1.74 bits per heavy atom. The number of aromatic nitrogens is 4. The van der Waals surface area contributed by atoms with Crippen molar-refractivity contribution in [2.24, 2.45) is 0 Å². The zero-order chi connectivity index (χ0) is 19.1. The average Bonchev–Trinajstić information content (AvgIpc) is 3.25. The summed E-state index contributed by atoms with van der Waals surface area (Å²) in [7, 11) is 0. The summed E-state index contributed by atoms with van der Waals surface area (Å²) in [5.41, 5.74) is -0.698. The molecule has 0 atom stereocenters. The zero-order valence-corrected chi connectivity index (χ0v) is 13.3. The van der Waals surface area contributed by atoms with E-state index in [9.17, 15) is 22.4 Å². The topological polar surface area (TPSA) is 86.5 Å². The summed E-state index contributed by atoms with van der Waals surface area (Å²) in [5, 5.41) is 8.68. The Balaban J connectivity index is 1.72. The molecule has 0 aliphatic carbocycles. The Morgan fingerprint density at radius 1 is 1.00 bits per heavy atom. The van der Waals surface area contributed by atoms with Crippen LogP contribution in [0.1, 0.15) is 10.4 Å². The summed E-state index contributed by atoms with van der Waals surface area (Å²) < 4.78 is 54.7. The van der Waals surface area contributed by atoms with Gasteiger partial charge in [0.2, 0.25) is 0 Å². The Bertz CT molecular complexity index is 1160. The van der Waals surface area contributed by atoms with E-state index >= 15 is 0 Å². The molecule has 1 amide bonds. The summed E-state index contributed by atoms with van der Waals surface area (Å²) >= 11 is 0. The van der Waals surface area contributed by atoms with E-state index in [-0.39, 0.29) is 28.2 Å². The molecule has 0 bridgehead atoms. The number of hydrogen-bond donors (Lipinski definition) is 3. The van der Waals surface area contributed by atoms with E-state index in [0.29, 0.717) is 0 Å². The molecule has 0 aliphatic heterocycles. The highest BCUT2D eigenvalue weighted by Crippen LogP contribution is 2.27. The van der Waals surface area contributed by atoms with Gasteiger partial charge in [-0.15, -0.1) is 0 Å². The third-order valence-electron chi connectivity index (χ3n) is 3.85. The van der Waals surface area contributed by atoms with Crippen molar-refractivity contribution in [1.29, 1.82) is 0 Å². The minimum Gasteiger partial charge on any atom is -0.336 e. The lowest BCUT2D eigenvalue weighted by molar-refractivity contribution is 0.101. The third-order valence-corrected chi connectivity index (χ3v) is 3.85. The fourth-order valence-corrected chi connectivity index (χ4v) is 2.59. The van der Waals surface area contributed by atoms with Gasteiger partial charge in [0.05, 0.1) is 11.2 Å². The lowest BCUT2D eigenvalue weighted by Gasteiger charge is -2.06. The molecule has 0 unspecified atom stereocenters. The van der Waals surface area contributed by atoms with Crippen LogP contribution in [0.5, 0.6) is 0 Å². The number of hydrogen-bond acceptors (Lipinski definition) is 3. The van der Waals surface area contributed by atoms with Crippen LogP contribution in [0.25, 0.3) is 22.6 Å². The van der Waals surface area contributed by atoms with Crippen molar-refractivity contribution in [2.45, 2.75) is 0 Å². The number of carbonyl (C=O) groups is 1. The number of nitrogens with zero attached hydrogens (tertiary/aromatic N) is 2. The Hall–Kier alpha value is -3.69. The van der Waals surface area contributed by atoms with Crippen LogP contribution in [0.2, 0.25) is 0 Å². The Labute approximate surface area is 148 Å². The predicted molar refractivity (Wildman–Crippen MR) is 87.9 cm³/mol. The number of rotatable bonds is 3. The van der Waals surface area contributed by atoms with Crippen LogP contribution < -0.4 is 5.32 Å². The summed E-state index contributed by atoms with van der Waals surface area (Å²) in [4.78, 5) is 18.9. The molecule has 2 heterocycles. The summed E-state index contributed by atoms with van der Waals surface area (Å²) in [6.07, 6.45) is 1.26. The van der Waals surface area contributed by atoms with Gasteiger partial charge >= 0.3 is 0 Å². The number of halogens is 4. The molecule has 2 aromatic heterocycles. The molecule has 0 spiro atoms. The van der Waals surface area contributed by atoms with Gasteiger partial charge in [-0.05, 0) is 24.3 Å². The second kappa shape index (κ2) is 6.24. The first-order valence-electron chi connectivity index (χ1n) is 7.59. The van der Waals surface area contributed by atoms with Crippen molar-refractivity contribution in [3.05, 3.63) is 65.4 Å². The first-order chi connectivity index (χ1) is 13.0. The summed E-state index contributed by atoms with van der Waals surface area (Å²) in [5.74, 6) is -5.27. The highest BCUT2D eigenvalue weighted by molar-refractivity contribution is 6.06. The normalized spacial score (nSPS) is 11.1. The second-order valence-electron chi connectivity index (χ2n) is 5.54. The quantitative estimate of drug-likeness (QED) is 0.477. The van der Waals surface area contributed by atoms with Crippen molar-refractivity contribution in [3.8, 4) is 11.5 Å². The monoisotopic (exact) mass is 375 g/mol. The van der Waals surface area contributed by atoms with Gasteiger partial charge in [0, 0.05) is 6.20 Å². The average molecular weight is 375 g/mol. The molecule has 0 saturated carbocycles. The van der Waals surface area contributed by atoms with Crippen LogP contribution in [0.4, 0.5) is 23.2 Å². The smallest absolute Gasteiger partial charge is 0.261 e. The van der Waals surface area contributed by atoms with Gasteiger partial charge in [-0.25, -0.2) is 22.5 Å². The fourth-order valence-electron chi connectivity index (χ4n) is 2.59. The van der Waals surface area contributed by atoms with Crippen molar-refractivity contribution in [3.63, 3.8) is 0 Å². The molecular weight excluding hydrogens is 366 g/mol. The maximum atomic E-state index is 13.8.